The van der Waals surface area contributed by atoms with Crippen molar-refractivity contribution in [3.63, 3.8) is 0 Å². The van der Waals surface area contributed by atoms with Crippen LogP contribution in [0, 0.1) is 52.3 Å². The molecular formula is C37H72N4O5S. The lowest BCUT2D eigenvalue weighted by molar-refractivity contribution is -0.167. The Hall–Kier alpha value is -0.330. The maximum atomic E-state index is 11.8. The molecule has 11 atom stereocenters. The third-order valence-electron chi connectivity index (χ3n) is 13.8. The minimum Gasteiger partial charge on any atom is -0.393 e. The molecule has 0 aliphatic heterocycles. The molecule has 10 heteroatoms. The Labute approximate surface area is 288 Å². The van der Waals surface area contributed by atoms with E-state index in [-0.39, 0.29) is 17.4 Å². The smallest absolute Gasteiger partial charge is 0.393 e. The van der Waals surface area contributed by atoms with Crippen molar-refractivity contribution in [1.29, 1.82) is 0 Å². The molecule has 47 heavy (non-hydrogen) atoms. The average molecular weight is 685 g/mol. The molecule has 0 bridgehead atoms. The molecule has 4 rings (SSSR count). The number of hydrogen-bond acceptors (Lipinski definition) is 8. The van der Waals surface area contributed by atoms with Gasteiger partial charge in [-0.3, -0.25) is 4.55 Å². The molecule has 4 saturated carbocycles. The van der Waals surface area contributed by atoms with E-state index >= 15 is 0 Å². The predicted molar refractivity (Wildman–Crippen MR) is 191 cm³/mol. The van der Waals surface area contributed by atoms with E-state index in [1.807, 2.05) is 13.8 Å². The number of aliphatic hydroxyl groups is 1. The Balaban J connectivity index is 1.23. The molecule has 4 aliphatic rings. The van der Waals surface area contributed by atoms with E-state index in [4.69, 9.17) is 9.92 Å². The quantitative estimate of drug-likeness (QED) is 0.0720. The Kier molecular flexibility index (Phi) is 14.9. The molecule has 0 aromatic heterocycles. The van der Waals surface area contributed by atoms with Crippen LogP contribution in [0.2, 0.25) is 0 Å². The highest BCUT2D eigenvalue weighted by atomic mass is 32.3. The zero-order chi connectivity index (χ0) is 34.2. The van der Waals surface area contributed by atoms with Crippen molar-refractivity contribution in [3.8, 4) is 0 Å². The second-order valence-electron chi connectivity index (χ2n) is 17.0. The average Bonchev–Trinajstić information content (AvgIpc) is 3.36. The summed E-state index contributed by atoms with van der Waals surface area (Å²) in [6, 6.07) is 0.571. The third-order valence-corrected chi connectivity index (χ3v) is 14.3. The lowest BCUT2D eigenvalue weighted by Gasteiger charge is -2.62. The molecule has 0 saturated heterocycles. The van der Waals surface area contributed by atoms with Gasteiger partial charge in [0.05, 0.1) is 12.2 Å². The Bertz CT molecular complexity index is 1050. The summed E-state index contributed by atoms with van der Waals surface area (Å²) in [4.78, 5) is 0. The van der Waals surface area contributed by atoms with Crippen LogP contribution in [0.1, 0.15) is 125 Å². The summed E-state index contributed by atoms with van der Waals surface area (Å²) in [6.07, 6.45) is 15.0. The molecule has 0 aromatic carbocycles. The first-order valence-corrected chi connectivity index (χ1v) is 20.8. The monoisotopic (exact) mass is 685 g/mol. The van der Waals surface area contributed by atoms with Gasteiger partial charge in [0.2, 0.25) is 0 Å². The fraction of sp³-hybridized carbons (Fsp3) is 1.00. The summed E-state index contributed by atoms with van der Waals surface area (Å²) >= 11 is 0. The Morgan fingerprint density at radius 3 is 2.13 bits per heavy atom. The molecule has 0 amide bonds. The van der Waals surface area contributed by atoms with Crippen molar-refractivity contribution in [2.45, 2.75) is 143 Å². The minimum atomic E-state index is -4.46. The van der Waals surface area contributed by atoms with E-state index in [1.165, 1.54) is 57.8 Å². The van der Waals surface area contributed by atoms with Crippen LogP contribution >= 0.6 is 0 Å². The van der Waals surface area contributed by atoms with E-state index in [2.05, 4.69) is 36.7 Å². The van der Waals surface area contributed by atoms with Crippen molar-refractivity contribution in [3.05, 3.63) is 0 Å². The van der Waals surface area contributed by atoms with Gasteiger partial charge in [0, 0.05) is 6.04 Å². The highest BCUT2D eigenvalue weighted by Crippen LogP contribution is 2.68. The molecule has 0 radical (unpaired) electrons. The number of nitrogens with two attached hydrogens (primary N) is 1. The molecule has 4 unspecified atom stereocenters. The molecule has 0 spiro atoms. The van der Waals surface area contributed by atoms with Crippen LogP contribution in [0.15, 0.2) is 0 Å². The topological polar surface area (TPSA) is 146 Å². The molecule has 0 aromatic rings. The number of unbranched alkanes of at least 4 members (excludes halogenated alkanes) is 1. The van der Waals surface area contributed by atoms with Crippen LogP contribution in [0.4, 0.5) is 0 Å². The molecular weight excluding hydrogens is 612 g/mol. The zero-order valence-electron chi connectivity index (χ0n) is 30.5. The fourth-order valence-electron chi connectivity index (χ4n) is 11.2. The van der Waals surface area contributed by atoms with Gasteiger partial charge in [0.25, 0.3) is 0 Å². The second-order valence-corrected chi connectivity index (χ2v) is 18.1. The Morgan fingerprint density at radius 2 is 1.47 bits per heavy atom. The van der Waals surface area contributed by atoms with Crippen LogP contribution < -0.4 is 21.7 Å². The molecule has 4 aliphatic carbocycles. The summed E-state index contributed by atoms with van der Waals surface area (Å²) in [6.45, 7) is 17.4. The molecule has 276 valence electrons. The highest BCUT2D eigenvalue weighted by molar-refractivity contribution is 7.80. The van der Waals surface area contributed by atoms with Gasteiger partial charge in [-0.1, -0.05) is 34.6 Å². The van der Waals surface area contributed by atoms with Crippen molar-refractivity contribution in [2.24, 2.45) is 58.0 Å². The molecule has 9 nitrogen and oxygen atoms in total. The lowest BCUT2D eigenvalue weighted by Crippen LogP contribution is -2.59. The molecule has 0 heterocycles. The maximum Gasteiger partial charge on any atom is 0.397 e. The van der Waals surface area contributed by atoms with E-state index in [1.54, 1.807) is 0 Å². The number of rotatable bonds is 20. The number of hydrogen-bond donors (Lipinski definition) is 6. The van der Waals surface area contributed by atoms with Gasteiger partial charge in [0.1, 0.15) is 0 Å². The number of aliphatic hydroxyl groups excluding tert-OH is 1. The van der Waals surface area contributed by atoms with Crippen molar-refractivity contribution in [1.82, 2.24) is 16.0 Å². The SMILES string of the molecule is CC(C)[C@H](CC[C@H](C)[C@H]1CCC2C3C(O)C[C@H]4C[C@@H](NCCCNCCCCNCCCN)CC[C@]4(C)C3CC[C@@]21C)OS(=O)(=O)O. The molecule has 7 N–H and O–H groups in total. The van der Waals surface area contributed by atoms with E-state index in [0.29, 0.717) is 53.4 Å². The van der Waals surface area contributed by atoms with E-state index < -0.39 is 16.5 Å². The van der Waals surface area contributed by atoms with E-state index in [0.717, 1.165) is 65.0 Å². The summed E-state index contributed by atoms with van der Waals surface area (Å²) < 4.78 is 37.2. The second kappa shape index (κ2) is 17.7. The molecule has 4 fully saturated rings. The van der Waals surface area contributed by atoms with Crippen molar-refractivity contribution >= 4 is 10.4 Å². The first-order valence-electron chi connectivity index (χ1n) is 19.5. The Morgan fingerprint density at radius 1 is 0.830 bits per heavy atom. The number of fused-ring (bicyclic) bond motifs is 5. The van der Waals surface area contributed by atoms with Crippen molar-refractivity contribution in [2.75, 3.05) is 39.3 Å². The number of nitrogens with one attached hydrogen (secondary N) is 3. The van der Waals surface area contributed by atoms with E-state index in [9.17, 15) is 18.1 Å². The summed E-state index contributed by atoms with van der Waals surface area (Å²) in [7, 11) is -4.46. The summed E-state index contributed by atoms with van der Waals surface area (Å²) in [5.41, 5.74) is 6.08. The van der Waals surface area contributed by atoms with Crippen LogP contribution in [0.3, 0.4) is 0 Å². The van der Waals surface area contributed by atoms with Crippen molar-refractivity contribution < 1.29 is 22.3 Å². The van der Waals surface area contributed by atoms with Crippen LogP contribution in [0.5, 0.6) is 0 Å². The minimum absolute atomic E-state index is 0.0137. The van der Waals surface area contributed by atoms with Gasteiger partial charge in [-0.15, -0.1) is 0 Å². The largest absolute Gasteiger partial charge is 0.397 e. The van der Waals surface area contributed by atoms with Gasteiger partial charge in [-0.2, -0.15) is 8.42 Å². The first kappa shape index (κ1) is 39.5. The maximum absolute atomic E-state index is 11.8. The van der Waals surface area contributed by atoms with Crippen LogP contribution in [0.25, 0.3) is 0 Å². The predicted octanol–water partition coefficient (Wildman–Crippen LogP) is 5.53. The lowest BCUT2D eigenvalue weighted by atomic mass is 9.43. The van der Waals surface area contributed by atoms with Gasteiger partial charge < -0.3 is 26.8 Å². The standard InChI is InChI=1S/C37H72N4O5S/c1-26(2)34(46-47(43,44)45)13-10-27(3)30-11-12-31-35-32(15-17-37(30,31)5)36(4)16-14-29(24-28(36)25-33(35)42)41-23-9-22-40-20-7-6-19-39-21-8-18-38/h26-35,39-42H,6-25,38H2,1-5H3,(H,43,44,45)/t27-,28+,29-,30+,31?,32?,33?,34-,35?,36-,37+/m0/s1. The normalized spacial score (nSPS) is 36.9. The van der Waals surface area contributed by atoms with Crippen LogP contribution in [-0.2, 0) is 14.6 Å². The van der Waals surface area contributed by atoms with Crippen LogP contribution in [-0.4, -0.2) is 75.6 Å². The van der Waals surface area contributed by atoms with Gasteiger partial charge in [-0.25, -0.2) is 4.18 Å². The first-order chi connectivity index (χ1) is 22.3. The van der Waals surface area contributed by atoms with Gasteiger partial charge in [-0.05, 0) is 181 Å². The van der Waals surface area contributed by atoms with Gasteiger partial charge >= 0.3 is 10.4 Å². The summed E-state index contributed by atoms with van der Waals surface area (Å²) in [5, 5.41) is 22.8. The zero-order valence-corrected chi connectivity index (χ0v) is 31.3. The fourth-order valence-corrected chi connectivity index (χ4v) is 11.8. The highest BCUT2D eigenvalue weighted by Gasteiger charge is 2.62. The van der Waals surface area contributed by atoms with Gasteiger partial charge in [0.15, 0.2) is 0 Å². The summed E-state index contributed by atoms with van der Waals surface area (Å²) in [5.74, 6) is 3.20. The third kappa shape index (κ3) is 10.1.